The lowest BCUT2D eigenvalue weighted by molar-refractivity contribution is 1.28. The monoisotopic (exact) mass is 705 g/mol. The minimum atomic E-state index is 1.11. The first-order valence-electron chi connectivity index (χ1n) is 18.4. The van der Waals surface area contributed by atoms with Crippen LogP contribution in [0.1, 0.15) is 0 Å². The zero-order valence-corrected chi connectivity index (χ0v) is 30.4. The topological polar surface area (TPSA) is 3.24 Å². The number of hydrogen-bond acceptors (Lipinski definition) is 2. The molecule has 0 atom stereocenters. The van der Waals surface area contributed by atoms with Crippen LogP contribution in [0.3, 0.4) is 0 Å². The molecular weight excluding hydrogens is 671 g/mol. The van der Waals surface area contributed by atoms with Crippen molar-refractivity contribution in [3.63, 3.8) is 0 Å². The molecule has 1 heterocycles. The smallest absolute Gasteiger partial charge is 0.0462 e. The Kier molecular flexibility index (Phi) is 8.09. The third-order valence-electron chi connectivity index (χ3n) is 10.5. The largest absolute Gasteiger partial charge is 0.311 e. The van der Waals surface area contributed by atoms with Gasteiger partial charge in [0, 0.05) is 37.2 Å². The van der Waals surface area contributed by atoms with Gasteiger partial charge >= 0.3 is 0 Å². The first-order valence-corrected chi connectivity index (χ1v) is 19.2. The van der Waals surface area contributed by atoms with Crippen LogP contribution < -0.4 is 4.90 Å². The molecule has 0 saturated carbocycles. The summed E-state index contributed by atoms with van der Waals surface area (Å²) in [5.41, 5.74) is 13.1. The summed E-state index contributed by atoms with van der Waals surface area (Å²) < 4.78 is 2.63. The maximum atomic E-state index is 2.39. The number of nitrogens with zero attached hydrogens (tertiary/aromatic N) is 1. The van der Waals surface area contributed by atoms with Gasteiger partial charge in [0.25, 0.3) is 0 Å². The molecule has 0 aliphatic rings. The maximum Gasteiger partial charge on any atom is 0.0462 e. The molecule has 0 bridgehead atoms. The van der Waals surface area contributed by atoms with E-state index < -0.39 is 0 Å². The van der Waals surface area contributed by atoms with Crippen LogP contribution in [-0.2, 0) is 0 Å². The Morgan fingerprint density at radius 3 is 1.41 bits per heavy atom. The highest BCUT2D eigenvalue weighted by Crippen LogP contribution is 2.43. The molecule has 0 amide bonds. The molecule has 2 heteroatoms. The van der Waals surface area contributed by atoms with Crippen LogP contribution >= 0.6 is 11.3 Å². The van der Waals surface area contributed by atoms with Gasteiger partial charge in [0.05, 0.1) is 0 Å². The van der Waals surface area contributed by atoms with Crippen molar-refractivity contribution in [3.05, 3.63) is 212 Å². The number of anilines is 3. The third-order valence-corrected chi connectivity index (χ3v) is 11.6. The van der Waals surface area contributed by atoms with E-state index in [1.165, 1.54) is 75.5 Å². The van der Waals surface area contributed by atoms with Crippen LogP contribution in [0.25, 0.3) is 75.5 Å². The number of hydrogen-bond donors (Lipinski definition) is 0. The van der Waals surface area contributed by atoms with E-state index in [4.69, 9.17) is 0 Å². The lowest BCUT2D eigenvalue weighted by Crippen LogP contribution is -2.09. The summed E-state index contributed by atoms with van der Waals surface area (Å²) in [6, 6.07) is 77.1. The predicted octanol–water partition coefficient (Wildman–Crippen LogP) is 15.3. The summed E-state index contributed by atoms with van der Waals surface area (Å²) >= 11 is 1.87. The van der Waals surface area contributed by atoms with Gasteiger partial charge in [-0.25, -0.2) is 0 Å². The Morgan fingerprint density at radius 1 is 0.278 bits per heavy atom. The quantitative estimate of drug-likeness (QED) is 0.160. The van der Waals surface area contributed by atoms with Crippen molar-refractivity contribution in [1.29, 1.82) is 0 Å². The van der Waals surface area contributed by atoms with E-state index >= 15 is 0 Å². The van der Waals surface area contributed by atoms with E-state index in [0.717, 1.165) is 17.1 Å². The van der Waals surface area contributed by atoms with Crippen molar-refractivity contribution in [2.45, 2.75) is 0 Å². The molecule has 0 saturated heterocycles. The zero-order chi connectivity index (χ0) is 35.8. The minimum Gasteiger partial charge on any atom is -0.311 e. The summed E-state index contributed by atoms with van der Waals surface area (Å²) in [7, 11) is 0. The fourth-order valence-corrected chi connectivity index (χ4v) is 8.84. The van der Waals surface area contributed by atoms with E-state index in [0.29, 0.717) is 0 Å². The molecule has 10 rings (SSSR count). The molecule has 254 valence electrons. The minimum absolute atomic E-state index is 1.11. The van der Waals surface area contributed by atoms with Crippen molar-refractivity contribution >= 4 is 59.3 Å². The van der Waals surface area contributed by atoms with E-state index in [1.54, 1.807) is 0 Å². The Balaban J connectivity index is 1.06. The first kappa shape index (κ1) is 32.0. The van der Waals surface area contributed by atoms with Gasteiger partial charge in [-0.15, -0.1) is 11.3 Å². The Hall–Kier alpha value is -6.74. The third kappa shape index (κ3) is 5.93. The van der Waals surface area contributed by atoms with E-state index in [1.807, 2.05) is 11.3 Å². The highest BCUT2D eigenvalue weighted by Gasteiger charge is 2.17. The van der Waals surface area contributed by atoms with Crippen LogP contribution in [0.5, 0.6) is 0 Å². The summed E-state index contributed by atoms with van der Waals surface area (Å²) in [6.07, 6.45) is 0. The molecule has 0 fully saturated rings. The van der Waals surface area contributed by atoms with Crippen molar-refractivity contribution in [2.24, 2.45) is 0 Å². The predicted molar refractivity (Wildman–Crippen MR) is 233 cm³/mol. The van der Waals surface area contributed by atoms with Gasteiger partial charge in [-0.3, -0.25) is 0 Å². The second-order valence-electron chi connectivity index (χ2n) is 13.8. The average Bonchev–Trinajstić information content (AvgIpc) is 3.62. The molecule has 54 heavy (non-hydrogen) atoms. The van der Waals surface area contributed by atoms with Crippen LogP contribution in [0.15, 0.2) is 212 Å². The number of rotatable bonds is 7. The van der Waals surface area contributed by atoms with Gasteiger partial charge in [-0.1, -0.05) is 152 Å². The molecule has 0 radical (unpaired) electrons. The van der Waals surface area contributed by atoms with Crippen LogP contribution in [0.4, 0.5) is 17.1 Å². The van der Waals surface area contributed by atoms with Gasteiger partial charge in [0.2, 0.25) is 0 Å². The Morgan fingerprint density at radius 2 is 0.741 bits per heavy atom. The van der Waals surface area contributed by atoms with Crippen LogP contribution in [0.2, 0.25) is 0 Å². The van der Waals surface area contributed by atoms with Gasteiger partial charge < -0.3 is 4.90 Å². The second kappa shape index (κ2) is 13.7. The van der Waals surface area contributed by atoms with Crippen molar-refractivity contribution in [2.75, 3.05) is 4.90 Å². The summed E-state index contributed by atoms with van der Waals surface area (Å²) in [6.45, 7) is 0. The molecule has 0 aliphatic heterocycles. The highest BCUT2D eigenvalue weighted by molar-refractivity contribution is 7.25. The average molecular weight is 706 g/mol. The number of fused-ring (bicyclic) bond motifs is 4. The standard InChI is InChI=1S/C52H35NS/c1-3-11-36(12-4-1)38-21-27-44(28-22-38)53(45-29-23-39(24-30-45)43-20-19-37-13-7-8-16-42(37)33-43)46-31-25-41(26-32-46)49-35-52-50(47-17-9-10-18-51(47)54-52)34-48(49)40-14-5-2-6-15-40/h1-35H. The second-order valence-corrected chi connectivity index (χ2v) is 14.8. The summed E-state index contributed by atoms with van der Waals surface area (Å²) in [5.74, 6) is 0. The van der Waals surface area contributed by atoms with Crippen molar-refractivity contribution < 1.29 is 0 Å². The SMILES string of the molecule is c1ccc(-c2ccc(N(c3ccc(-c4ccc5ccccc5c4)cc3)c3ccc(-c4cc5sc6ccccc6c5cc4-c4ccccc4)cc3)cc2)cc1. The van der Waals surface area contributed by atoms with E-state index in [2.05, 4.69) is 217 Å². The normalized spacial score (nSPS) is 11.3. The first-order chi connectivity index (χ1) is 26.7. The fraction of sp³-hybridized carbons (Fsp3) is 0. The summed E-state index contributed by atoms with van der Waals surface area (Å²) in [4.78, 5) is 2.36. The van der Waals surface area contributed by atoms with Gasteiger partial charge in [-0.2, -0.15) is 0 Å². The Bertz CT molecular complexity index is 2890. The molecule has 0 spiro atoms. The van der Waals surface area contributed by atoms with Crippen molar-refractivity contribution in [3.8, 4) is 44.5 Å². The van der Waals surface area contributed by atoms with Gasteiger partial charge in [0.1, 0.15) is 0 Å². The maximum absolute atomic E-state index is 2.39. The molecular formula is C52H35NS. The molecule has 1 nitrogen and oxygen atoms in total. The van der Waals surface area contributed by atoms with E-state index in [-0.39, 0.29) is 0 Å². The van der Waals surface area contributed by atoms with Gasteiger partial charge in [0.15, 0.2) is 0 Å². The molecule has 9 aromatic carbocycles. The van der Waals surface area contributed by atoms with Gasteiger partial charge in [-0.05, 0) is 116 Å². The summed E-state index contributed by atoms with van der Waals surface area (Å²) in [5, 5.41) is 5.14. The Labute approximate surface area is 319 Å². The van der Waals surface area contributed by atoms with Crippen LogP contribution in [-0.4, -0.2) is 0 Å². The number of benzene rings is 9. The van der Waals surface area contributed by atoms with Crippen LogP contribution in [0, 0.1) is 0 Å². The van der Waals surface area contributed by atoms with Crippen molar-refractivity contribution in [1.82, 2.24) is 0 Å². The molecule has 10 aromatic rings. The molecule has 0 unspecified atom stereocenters. The zero-order valence-electron chi connectivity index (χ0n) is 29.6. The number of thiophene rings is 1. The fourth-order valence-electron chi connectivity index (χ4n) is 7.71. The van der Waals surface area contributed by atoms with E-state index in [9.17, 15) is 0 Å². The lowest BCUT2D eigenvalue weighted by atomic mass is 9.92. The lowest BCUT2D eigenvalue weighted by Gasteiger charge is -2.26. The molecule has 0 aliphatic carbocycles. The highest BCUT2D eigenvalue weighted by atomic mass is 32.1. The molecule has 1 aromatic heterocycles. The molecule has 0 N–H and O–H groups in total.